The molecule has 0 heterocycles. The monoisotopic (exact) mass is 277 g/mol. The quantitative estimate of drug-likeness (QED) is 0.782. The van der Waals surface area contributed by atoms with E-state index in [0.29, 0.717) is 18.0 Å². The lowest BCUT2D eigenvalue weighted by Gasteiger charge is -2.29. The fourth-order valence-corrected chi connectivity index (χ4v) is 2.57. The number of hydrogen-bond acceptors (Lipinski definition) is 2. The second-order valence-electron chi connectivity index (χ2n) is 6.78. The third-order valence-electron chi connectivity index (χ3n) is 3.99. The lowest BCUT2D eigenvalue weighted by atomic mass is 9.97. The first-order valence-corrected chi connectivity index (χ1v) is 7.66. The summed E-state index contributed by atoms with van der Waals surface area (Å²) in [6.07, 6.45) is 0.998. The molecule has 1 aromatic rings. The number of ether oxygens (including phenoxy) is 1. The number of nitrogens with one attached hydrogen (secondary N) is 1. The third kappa shape index (κ3) is 5.26. The Morgan fingerprint density at radius 3 is 1.95 bits per heavy atom. The van der Waals surface area contributed by atoms with Crippen LogP contribution in [0, 0.1) is 0 Å². The second-order valence-corrected chi connectivity index (χ2v) is 6.78. The van der Waals surface area contributed by atoms with Crippen LogP contribution in [0.4, 0.5) is 0 Å². The first kappa shape index (κ1) is 17.2. The maximum atomic E-state index is 5.50. The lowest BCUT2D eigenvalue weighted by molar-refractivity contribution is 0.00782. The Bertz CT molecular complexity index is 394. The minimum Gasteiger partial charge on any atom is -0.379 e. The van der Waals surface area contributed by atoms with Gasteiger partial charge in [-0.25, -0.2) is 0 Å². The molecule has 0 amide bonds. The van der Waals surface area contributed by atoms with E-state index in [1.54, 1.807) is 7.11 Å². The van der Waals surface area contributed by atoms with Crippen LogP contribution >= 0.6 is 0 Å². The van der Waals surface area contributed by atoms with Crippen molar-refractivity contribution >= 4 is 0 Å². The Labute approximate surface area is 124 Å². The van der Waals surface area contributed by atoms with Crippen LogP contribution in [0.5, 0.6) is 0 Å². The standard InChI is InChI=1S/C18H31NO/c1-13(2)16-8-10-17(11-9-16)15(4)19-14(3)12-18(5,6)20-7/h8-11,13-15,19H,12H2,1-7H3. The molecule has 1 rings (SSSR count). The van der Waals surface area contributed by atoms with Gasteiger partial charge in [-0.3, -0.25) is 0 Å². The molecule has 0 aliphatic carbocycles. The van der Waals surface area contributed by atoms with E-state index >= 15 is 0 Å². The third-order valence-corrected chi connectivity index (χ3v) is 3.99. The van der Waals surface area contributed by atoms with E-state index in [2.05, 4.69) is 71.1 Å². The summed E-state index contributed by atoms with van der Waals surface area (Å²) in [4.78, 5) is 0. The first-order valence-electron chi connectivity index (χ1n) is 7.66. The van der Waals surface area contributed by atoms with Crippen LogP contribution in [0.3, 0.4) is 0 Å². The van der Waals surface area contributed by atoms with Crippen molar-refractivity contribution < 1.29 is 4.74 Å². The SMILES string of the molecule is COC(C)(C)CC(C)NC(C)c1ccc(C(C)C)cc1. The van der Waals surface area contributed by atoms with Gasteiger partial charge < -0.3 is 10.1 Å². The van der Waals surface area contributed by atoms with Crippen LogP contribution in [0.1, 0.15) is 71.0 Å². The van der Waals surface area contributed by atoms with Gasteiger partial charge in [0.25, 0.3) is 0 Å². The van der Waals surface area contributed by atoms with Gasteiger partial charge in [0.15, 0.2) is 0 Å². The van der Waals surface area contributed by atoms with Gasteiger partial charge in [-0.1, -0.05) is 38.1 Å². The van der Waals surface area contributed by atoms with E-state index in [9.17, 15) is 0 Å². The Kier molecular flexibility index (Phi) is 6.22. The molecule has 2 atom stereocenters. The number of rotatable bonds is 7. The molecular formula is C18H31NO. The molecule has 0 aliphatic rings. The highest BCUT2D eigenvalue weighted by Crippen LogP contribution is 2.21. The largest absolute Gasteiger partial charge is 0.379 e. The Balaban J connectivity index is 2.59. The van der Waals surface area contributed by atoms with Gasteiger partial charge in [-0.05, 0) is 51.2 Å². The molecule has 20 heavy (non-hydrogen) atoms. The summed E-state index contributed by atoms with van der Waals surface area (Å²) >= 11 is 0. The average Bonchev–Trinajstić information content (AvgIpc) is 2.38. The zero-order chi connectivity index (χ0) is 15.3. The van der Waals surface area contributed by atoms with Crippen LogP contribution in [0.2, 0.25) is 0 Å². The molecule has 0 saturated carbocycles. The molecule has 0 bridgehead atoms. The van der Waals surface area contributed by atoms with Crippen molar-refractivity contribution in [3.63, 3.8) is 0 Å². The molecule has 0 aliphatic heterocycles. The summed E-state index contributed by atoms with van der Waals surface area (Å²) in [5, 5.41) is 3.66. The number of hydrogen-bond donors (Lipinski definition) is 1. The molecule has 2 nitrogen and oxygen atoms in total. The van der Waals surface area contributed by atoms with E-state index in [-0.39, 0.29) is 5.60 Å². The van der Waals surface area contributed by atoms with Crippen molar-refractivity contribution in [2.75, 3.05) is 7.11 Å². The summed E-state index contributed by atoms with van der Waals surface area (Å²) in [5.41, 5.74) is 2.67. The Morgan fingerprint density at radius 1 is 1.00 bits per heavy atom. The van der Waals surface area contributed by atoms with Crippen LogP contribution in [-0.4, -0.2) is 18.8 Å². The fourth-order valence-electron chi connectivity index (χ4n) is 2.57. The van der Waals surface area contributed by atoms with Gasteiger partial charge in [0.1, 0.15) is 0 Å². The van der Waals surface area contributed by atoms with Gasteiger partial charge in [-0.2, -0.15) is 0 Å². The zero-order valence-electron chi connectivity index (χ0n) is 14.2. The predicted molar refractivity (Wildman–Crippen MR) is 87.2 cm³/mol. The maximum absolute atomic E-state index is 5.50. The van der Waals surface area contributed by atoms with Crippen LogP contribution < -0.4 is 5.32 Å². The fraction of sp³-hybridized carbons (Fsp3) is 0.667. The summed E-state index contributed by atoms with van der Waals surface area (Å²) in [6.45, 7) is 13.2. The van der Waals surface area contributed by atoms with Crippen molar-refractivity contribution in [3.05, 3.63) is 35.4 Å². The number of benzene rings is 1. The van der Waals surface area contributed by atoms with Crippen LogP contribution in [-0.2, 0) is 4.74 Å². The molecule has 1 aromatic carbocycles. The minimum absolute atomic E-state index is 0.0758. The normalized spacial score (nSPS) is 15.4. The molecular weight excluding hydrogens is 246 g/mol. The smallest absolute Gasteiger partial charge is 0.0637 e. The van der Waals surface area contributed by atoms with Gasteiger partial charge >= 0.3 is 0 Å². The van der Waals surface area contributed by atoms with E-state index in [4.69, 9.17) is 4.74 Å². The van der Waals surface area contributed by atoms with E-state index < -0.39 is 0 Å². The van der Waals surface area contributed by atoms with Gasteiger partial charge in [0.2, 0.25) is 0 Å². The Morgan fingerprint density at radius 2 is 1.50 bits per heavy atom. The summed E-state index contributed by atoms with van der Waals surface area (Å²) in [6, 6.07) is 9.73. The highest BCUT2D eigenvalue weighted by molar-refractivity contribution is 5.26. The van der Waals surface area contributed by atoms with Crippen molar-refractivity contribution in [2.24, 2.45) is 0 Å². The minimum atomic E-state index is -0.0758. The van der Waals surface area contributed by atoms with Crippen molar-refractivity contribution in [3.8, 4) is 0 Å². The molecule has 0 aromatic heterocycles. The number of methoxy groups -OCH3 is 1. The zero-order valence-corrected chi connectivity index (χ0v) is 14.2. The van der Waals surface area contributed by atoms with Crippen molar-refractivity contribution in [2.45, 2.75) is 71.6 Å². The lowest BCUT2D eigenvalue weighted by Crippen LogP contribution is -2.36. The topological polar surface area (TPSA) is 21.3 Å². The molecule has 0 fully saturated rings. The van der Waals surface area contributed by atoms with E-state index in [0.717, 1.165) is 6.42 Å². The second kappa shape index (κ2) is 7.24. The molecule has 0 radical (unpaired) electrons. The summed E-state index contributed by atoms with van der Waals surface area (Å²) < 4.78 is 5.50. The van der Waals surface area contributed by atoms with Crippen LogP contribution in [0.25, 0.3) is 0 Å². The average molecular weight is 277 g/mol. The molecule has 2 heteroatoms. The highest BCUT2D eigenvalue weighted by atomic mass is 16.5. The highest BCUT2D eigenvalue weighted by Gasteiger charge is 2.21. The van der Waals surface area contributed by atoms with Crippen molar-refractivity contribution in [1.29, 1.82) is 0 Å². The Hall–Kier alpha value is -0.860. The van der Waals surface area contributed by atoms with Crippen molar-refractivity contribution in [1.82, 2.24) is 5.32 Å². The summed E-state index contributed by atoms with van der Waals surface area (Å²) in [7, 11) is 1.78. The van der Waals surface area contributed by atoms with E-state index in [1.807, 2.05) is 0 Å². The molecule has 2 unspecified atom stereocenters. The van der Waals surface area contributed by atoms with Gasteiger partial charge in [-0.15, -0.1) is 0 Å². The molecule has 0 spiro atoms. The maximum Gasteiger partial charge on any atom is 0.0637 e. The van der Waals surface area contributed by atoms with E-state index in [1.165, 1.54) is 11.1 Å². The first-order chi connectivity index (χ1) is 9.25. The molecule has 1 N–H and O–H groups in total. The summed E-state index contributed by atoms with van der Waals surface area (Å²) in [5.74, 6) is 0.591. The molecule has 0 saturated heterocycles. The predicted octanol–water partition coefficient (Wildman–Crippen LogP) is 4.66. The van der Waals surface area contributed by atoms with Crippen LogP contribution in [0.15, 0.2) is 24.3 Å². The molecule has 114 valence electrons. The van der Waals surface area contributed by atoms with Gasteiger partial charge in [0, 0.05) is 19.2 Å². The van der Waals surface area contributed by atoms with Gasteiger partial charge in [0.05, 0.1) is 5.60 Å².